The Bertz CT molecular complexity index is 1180. The second-order valence-corrected chi connectivity index (χ2v) is 17.1. The van der Waals surface area contributed by atoms with E-state index < -0.39 is 19.9 Å². The van der Waals surface area contributed by atoms with Crippen molar-refractivity contribution < 1.29 is 37.3 Å². The summed E-state index contributed by atoms with van der Waals surface area (Å²) >= 11 is 0. The molecule has 0 aromatic carbocycles. The highest BCUT2D eigenvalue weighted by molar-refractivity contribution is 7.45. The van der Waals surface area contributed by atoms with Gasteiger partial charge in [-0.25, -0.2) is 0 Å². The van der Waals surface area contributed by atoms with Crippen molar-refractivity contribution >= 4 is 13.8 Å². The Kier molecular flexibility index (Phi) is 38.8. The number of phosphoric ester groups is 1. The Balaban J connectivity index is 4.35. The van der Waals surface area contributed by atoms with E-state index in [4.69, 9.17) is 18.5 Å². The maximum absolute atomic E-state index is 12.7. The SMILES string of the molecule is CC/C=C\C/C=C\C/C=C\C/C=C\C/C=C\CCCC(=O)OC(COCCCCCCCCCC/C=C\C/C=C\CCCCC)COP(=O)([O-])OCC[N+](C)(C)C. The van der Waals surface area contributed by atoms with Crippen LogP contribution in [0.25, 0.3) is 0 Å². The first-order chi connectivity index (χ1) is 27.6. The zero-order valence-corrected chi connectivity index (χ0v) is 37.9. The van der Waals surface area contributed by atoms with Gasteiger partial charge in [-0.15, -0.1) is 0 Å². The summed E-state index contributed by atoms with van der Waals surface area (Å²) in [6.07, 6.45) is 53.2. The maximum atomic E-state index is 12.7. The van der Waals surface area contributed by atoms with Crippen molar-refractivity contribution in [2.75, 3.05) is 54.1 Å². The molecule has 0 amide bonds. The predicted molar refractivity (Wildman–Crippen MR) is 240 cm³/mol. The van der Waals surface area contributed by atoms with Crippen LogP contribution in [0.15, 0.2) is 85.1 Å². The van der Waals surface area contributed by atoms with Crippen molar-refractivity contribution in [1.29, 1.82) is 0 Å². The molecular formula is C48H84NO7P. The van der Waals surface area contributed by atoms with Crippen molar-refractivity contribution in [3.63, 3.8) is 0 Å². The second kappa shape index (κ2) is 40.5. The van der Waals surface area contributed by atoms with Crippen molar-refractivity contribution in [2.24, 2.45) is 0 Å². The van der Waals surface area contributed by atoms with Crippen molar-refractivity contribution in [3.05, 3.63) is 85.1 Å². The number of allylic oxidation sites excluding steroid dienone is 14. The van der Waals surface area contributed by atoms with Gasteiger partial charge in [0.05, 0.1) is 34.4 Å². The molecule has 0 saturated heterocycles. The van der Waals surface area contributed by atoms with Crippen molar-refractivity contribution in [3.8, 4) is 0 Å². The number of unbranched alkanes of at least 4 members (excludes halogenated alkanes) is 12. The van der Waals surface area contributed by atoms with E-state index in [2.05, 4.69) is 98.9 Å². The molecule has 0 rings (SSSR count). The van der Waals surface area contributed by atoms with Crippen LogP contribution in [0.4, 0.5) is 0 Å². The van der Waals surface area contributed by atoms with Gasteiger partial charge in [-0.05, 0) is 83.5 Å². The molecular weight excluding hydrogens is 734 g/mol. The van der Waals surface area contributed by atoms with E-state index in [-0.39, 0.29) is 26.2 Å². The van der Waals surface area contributed by atoms with E-state index in [0.717, 1.165) is 64.2 Å². The van der Waals surface area contributed by atoms with Gasteiger partial charge < -0.3 is 27.9 Å². The first-order valence-electron chi connectivity index (χ1n) is 22.3. The second-order valence-electron chi connectivity index (χ2n) is 15.7. The number of quaternary nitrogens is 1. The standard InChI is InChI=1S/C48H84NO7P/c1-6-8-10-12-14-16-18-20-22-24-26-28-30-32-34-36-38-40-43-53-45-47(46-55-57(51,52)54-44-42-49(3,4)5)56-48(50)41-39-37-35-33-31-29-27-25-23-21-19-17-15-13-11-9-7-2/h9,11,14-17,20-23,27,29,33,35,47H,6-8,10,12-13,18-19,24-26,28,30-32,34,36-46H2,1-5H3/b11-9-,16-14-,17-15-,22-20-,23-21-,29-27-,35-33-. The molecule has 0 radical (unpaired) electrons. The minimum atomic E-state index is -4.55. The minimum Gasteiger partial charge on any atom is -0.756 e. The molecule has 0 N–H and O–H groups in total. The van der Waals surface area contributed by atoms with Crippen LogP contribution in [0.2, 0.25) is 0 Å². The smallest absolute Gasteiger partial charge is 0.306 e. The molecule has 9 heteroatoms. The van der Waals surface area contributed by atoms with Crippen molar-refractivity contribution in [1.82, 2.24) is 0 Å². The minimum absolute atomic E-state index is 0.00966. The first kappa shape index (κ1) is 54.7. The number of nitrogens with zero attached hydrogens (tertiary/aromatic N) is 1. The lowest BCUT2D eigenvalue weighted by atomic mass is 10.1. The summed E-state index contributed by atoms with van der Waals surface area (Å²) in [6.45, 7) is 5.16. The van der Waals surface area contributed by atoms with Gasteiger partial charge in [0.25, 0.3) is 7.82 Å². The van der Waals surface area contributed by atoms with Crippen LogP contribution in [0.5, 0.6) is 0 Å². The number of likely N-dealkylation sites (N-methyl/N-ethyl adjacent to an activating group) is 1. The molecule has 0 aliphatic heterocycles. The summed E-state index contributed by atoms with van der Waals surface area (Å²) in [5.74, 6) is -0.396. The highest BCUT2D eigenvalue weighted by Gasteiger charge is 2.20. The lowest BCUT2D eigenvalue weighted by Gasteiger charge is -2.28. The Morgan fingerprint density at radius 1 is 0.561 bits per heavy atom. The van der Waals surface area contributed by atoms with E-state index in [0.29, 0.717) is 24.1 Å². The summed E-state index contributed by atoms with van der Waals surface area (Å²) in [7, 11) is 1.30. The summed E-state index contributed by atoms with van der Waals surface area (Å²) in [6, 6.07) is 0. The predicted octanol–water partition coefficient (Wildman–Crippen LogP) is 12.6. The van der Waals surface area contributed by atoms with Crippen LogP contribution >= 0.6 is 7.82 Å². The highest BCUT2D eigenvalue weighted by atomic mass is 31.2. The molecule has 0 saturated carbocycles. The Morgan fingerprint density at radius 2 is 1.02 bits per heavy atom. The third-order valence-corrected chi connectivity index (χ3v) is 9.89. The summed E-state index contributed by atoms with van der Waals surface area (Å²) in [5, 5.41) is 0. The van der Waals surface area contributed by atoms with Gasteiger partial charge in [-0.2, -0.15) is 0 Å². The third-order valence-electron chi connectivity index (χ3n) is 8.93. The number of carbonyl (C=O) groups is 1. The number of rotatable bonds is 40. The van der Waals surface area contributed by atoms with Crippen LogP contribution < -0.4 is 4.89 Å². The molecule has 0 heterocycles. The van der Waals surface area contributed by atoms with Crippen LogP contribution in [0.1, 0.15) is 155 Å². The summed E-state index contributed by atoms with van der Waals surface area (Å²) in [5.41, 5.74) is 0. The molecule has 0 aliphatic carbocycles. The highest BCUT2D eigenvalue weighted by Crippen LogP contribution is 2.38. The van der Waals surface area contributed by atoms with Gasteiger partial charge in [-0.3, -0.25) is 9.36 Å². The van der Waals surface area contributed by atoms with Gasteiger partial charge in [0.15, 0.2) is 0 Å². The molecule has 0 aromatic heterocycles. The summed E-state index contributed by atoms with van der Waals surface area (Å²) in [4.78, 5) is 25.0. The first-order valence-corrected chi connectivity index (χ1v) is 23.8. The largest absolute Gasteiger partial charge is 0.756 e. The number of esters is 1. The lowest BCUT2D eigenvalue weighted by molar-refractivity contribution is -0.870. The maximum Gasteiger partial charge on any atom is 0.306 e. The van der Waals surface area contributed by atoms with E-state index in [9.17, 15) is 14.3 Å². The van der Waals surface area contributed by atoms with E-state index in [1.807, 2.05) is 21.1 Å². The lowest BCUT2D eigenvalue weighted by Crippen LogP contribution is -2.37. The van der Waals surface area contributed by atoms with Gasteiger partial charge in [0.2, 0.25) is 0 Å². The Hall–Kier alpha value is -2.32. The van der Waals surface area contributed by atoms with Gasteiger partial charge in [-0.1, -0.05) is 150 Å². The molecule has 0 bridgehead atoms. The normalized spacial score (nSPS) is 14.6. The zero-order chi connectivity index (χ0) is 42.0. The van der Waals surface area contributed by atoms with Crippen LogP contribution in [0.3, 0.4) is 0 Å². The Morgan fingerprint density at radius 3 is 1.53 bits per heavy atom. The number of carbonyl (C=O) groups excluding carboxylic acids is 1. The van der Waals surface area contributed by atoms with Crippen LogP contribution in [-0.4, -0.2) is 70.7 Å². The molecule has 2 unspecified atom stereocenters. The average molecular weight is 818 g/mol. The van der Waals surface area contributed by atoms with E-state index in [1.165, 1.54) is 64.2 Å². The monoisotopic (exact) mass is 818 g/mol. The molecule has 0 fully saturated rings. The average Bonchev–Trinajstić information content (AvgIpc) is 3.16. The third kappa shape index (κ3) is 44.6. The molecule has 0 spiro atoms. The fraction of sp³-hybridized carbons (Fsp3) is 0.688. The molecule has 2 atom stereocenters. The fourth-order valence-corrected chi connectivity index (χ4v) is 6.22. The number of phosphoric acid groups is 1. The molecule has 8 nitrogen and oxygen atoms in total. The topological polar surface area (TPSA) is 94.1 Å². The van der Waals surface area contributed by atoms with Gasteiger partial charge in [0, 0.05) is 13.0 Å². The quantitative estimate of drug-likeness (QED) is 0.0200. The molecule has 57 heavy (non-hydrogen) atoms. The number of hydrogen-bond donors (Lipinski definition) is 0. The summed E-state index contributed by atoms with van der Waals surface area (Å²) < 4.78 is 34.5. The van der Waals surface area contributed by atoms with Gasteiger partial charge in [0.1, 0.15) is 19.3 Å². The number of ether oxygens (including phenoxy) is 2. The Labute approximate surface area is 350 Å². The van der Waals surface area contributed by atoms with Gasteiger partial charge >= 0.3 is 5.97 Å². The van der Waals surface area contributed by atoms with Crippen LogP contribution in [0, 0.1) is 0 Å². The molecule has 328 valence electrons. The van der Waals surface area contributed by atoms with E-state index >= 15 is 0 Å². The molecule has 0 aromatic rings. The number of hydrogen-bond acceptors (Lipinski definition) is 7. The van der Waals surface area contributed by atoms with Crippen LogP contribution in [-0.2, 0) is 27.9 Å². The zero-order valence-electron chi connectivity index (χ0n) is 37.0. The fourth-order valence-electron chi connectivity index (χ4n) is 5.49. The van der Waals surface area contributed by atoms with Crippen molar-refractivity contribution in [2.45, 2.75) is 161 Å². The molecule has 0 aliphatic rings. The van der Waals surface area contributed by atoms with E-state index in [1.54, 1.807) is 0 Å².